The predicted molar refractivity (Wildman–Crippen MR) is 90.1 cm³/mol. The molecule has 4 heteroatoms. The van der Waals surface area contributed by atoms with Gasteiger partial charge in [-0.2, -0.15) is 11.3 Å². The topological polar surface area (TPSA) is 38.7 Å². The smallest absolute Gasteiger partial charge is 0.363 e. The minimum absolute atomic E-state index is 0.0940. The zero-order chi connectivity index (χ0) is 15.7. The van der Waals surface area contributed by atoms with Gasteiger partial charge in [0.25, 0.3) is 0 Å². The molecule has 0 saturated carbocycles. The summed E-state index contributed by atoms with van der Waals surface area (Å²) in [5, 5.41) is 3.93. The van der Waals surface area contributed by atoms with Crippen LogP contribution >= 0.6 is 11.3 Å². The summed E-state index contributed by atoms with van der Waals surface area (Å²) in [6, 6.07) is 9.93. The molecular weight excluding hydrogens is 294 g/mol. The van der Waals surface area contributed by atoms with Crippen molar-refractivity contribution in [1.29, 1.82) is 0 Å². The number of nitrogens with zero attached hydrogens (tertiary/aromatic N) is 1. The van der Waals surface area contributed by atoms with Crippen molar-refractivity contribution in [3.8, 4) is 0 Å². The van der Waals surface area contributed by atoms with Crippen molar-refractivity contribution in [3.05, 3.63) is 63.5 Å². The van der Waals surface area contributed by atoms with Gasteiger partial charge in [0.15, 0.2) is 5.70 Å². The Hall–Kier alpha value is -2.20. The summed E-state index contributed by atoms with van der Waals surface area (Å²) in [6.07, 6.45) is 1.75. The first-order chi connectivity index (χ1) is 10.4. The first-order valence-corrected chi connectivity index (χ1v) is 8.03. The molecule has 0 aliphatic carbocycles. The van der Waals surface area contributed by atoms with E-state index in [0.717, 1.165) is 11.1 Å². The summed E-state index contributed by atoms with van der Waals surface area (Å²) >= 11 is 1.58. The molecule has 2 aromatic rings. The van der Waals surface area contributed by atoms with Crippen LogP contribution in [-0.4, -0.2) is 11.9 Å². The molecule has 1 aliphatic heterocycles. The van der Waals surface area contributed by atoms with Crippen LogP contribution in [0, 0.1) is 0 Å². The lowest BCUT2D eigenvalue weighted by Gasteiger charge is -2.18. The molecule has 1 aromatic carbocycles. The Morgan fingerprint density at radius 3 is 2.45 bits per heavy atom. The van der Waals surface area contributed by atoms with E-state index in [-0.39, 0.29) is 5.41 Å². The van der Waals surface area contributed by atoms with Gasteiger partial charge in [0.1, 0.15) is 0 Å². The van der Waals surface area contributed by atoms with Crippen LogP contribution in [0.5, 0.6) is 0 Å². The summed E-state index contributed by atoms with van der Waals surface area (Å²) in [7, 11) is 0. The molecule has 0 unspecified atom stereocenters. The molecule has 0 saturated heterocycles. The molecule has 0 bridgehead atoms. The van der Waals surface area contributed by atoms with Gasteiger partial charge in [-0.25, -0.2) is 9.79 Å². The van der Waals surface area contributed by atoms with E-state index in [9.17, 15) is 4.79 Å². The Bertz CT molecular complexity index is 747. The summed E-state index contributed by atoms with van der Waals surface area (Å²) < 4.78 is 5.28. The maximum absolute atomic E-state index is 11.9. The number of ether oxygens (including phenoxy) is 1. The molecule has 0 fully saturated rings. The van der Waals surface area contributed by atoms with E-state index in [0.29, 0.717) is 11.6 Å². The van der Waals surface area contributed by atoms with E-state index in [1.807, 2.05) is 41.1 Å². The lowest BCUT2D eigenvalue weighted by atomic mass is 9.87. The van der Waals surface area contributed by atoms with Crippen molar-refractivity contribution in [2.24, 2.45) is 4.99 Å². The third-order valence-electron chi connectivity index (χ3n) is 3.46. The number of carbonyl (C=O) groups excluding carboxylic acids is 1. The maximum Gasteiger partial charge on any atom is 0.363 e. The first kappa shape index (κ1) is 14.7. The van der Waals surface area contributed by atoms with E-state index in [1.54, 1.807) is 17.4 Å². The molecule has 1 aliphatic rings. The largest absolute Gasteiger partial charge is 0.402 e. The minimum Gasteiger partial charge on any atom is -0.402 e. The molecule has 0 radical (unpaired) electrons. The van der Waals surface area contributed by atoms with E-state index in [1.165, 1.54) is 5.56 Å². The van der Waals surface area contributed by atoms with Crippen molar-refractivity contribution in [1.82, 2.24) is 0 Å². The molecule has 3 nitrogen and oxygen atoms in total. The van der Waals surface area contributed by atoms with Gasteiger partial charge < -0.3 is 4.74 Å². The van der Waals surface area contributed by atoms with Gasteiger partial charge in [0, 0.05) is 5.56 Å². The molecule has 0 atom stereocenters. The number of rotatable bonds is 2. The molecule has 3 rings (SSSR count). The van der Waals surface area contributed by atoms with Crippen LogP contribution in [0.1, 0.15) is 37.5 Å². The van der Waals surface area contributed by atoms with Gasteiger partial charge in [-0.1, -0.05) is 32.9 Å². The SMILES string of the molecule is CC(C)(C)c1ccc(C2=NC(=Cc3ccsc3)C(=O)O2)cc1. The van der Waals surface area contributed by atoms with Crippen LogP contribution in [0.3, 0.4) is 0 Å². The Kier molecular flexibility index (Phi) is 3.71. The standard InChI is InChI=1S/C18H17NO2S/c1-18(2,3)14-6-4-13(5-7-14)16-19-15(17(20)21-16)10-12-8-9-22-11-12/h4-11H,1-3H3. The minimum atomic E-state index is -0.402. The number of aliphatic imine (C=N–C) groups is 1. The number of cyclic esters (lactones) is 1. The van der Waals surface area contributed by atoms with Gasteiger partial charge in [0.2, 0.25) is 5.90 Å². The van der Waals surface area contributed by atoms with Crippen molar-refractivity contribution < 1.29 is 9.53 Å². The first-order valence-electron chi connectivity index (χ1n) is 7.09. The van der Waals surface area contributed by atoms with E-state index < -0.39 is 5.97 Å². The Morgan fingerprint density at radius 1 is 1.14 bits per heavy atom. The fraction of sp³-hybridized carbons (Fsp3) is 0.222. The third kappa shape index (κ3) is 3.02. The fourth-order valence-electron chi connectivity index (χ4n) is 2.16. The number of hydrogen-bond acceptors (Lipinski definition) is 4. The van der Waals surface area contributed by atoms with Crippen molar-refractivity contribution in [3.63, 3.8) is 0 Å². The van der Waals surface area contributed by atoms with Crippen LogP contribution in [0.25, 0.3) is 6.08 Å². The van der Waals surface area contributed by atoms with Crippen LogP contribution in [0.15, 0.2) is 51.8 Å². The van der Waals surface area contributed by atoms with Crippen LogP contribution in [0.4, 0.5) is 0 Å². The average Bonchev–Trinajstić information content (AvgIpc) is 3.09. The summed E-state index contributed by atoms with van der Waals surface area (Å²) in [5.74, 6) is -0.0342. The predicted octanol–water partition coefficient (Wildman–Crippen LogP) is 4.39. The highest BCUT2D eigenvalue weighted by atomic mass is 32.1. The van der Waals surface area contributed by atoms with E-state index in [2.05, 4.69) is 25.8 Å². The molecule has 22 heavy (non-hydrogen) atoms. The molecule has 112 valence electrons. The molecule has 1 aromatic heterocycles. The number of thiophene rings is 1. The lowest BCUT2D eigenvalue weighted by molar-refractivity contribution is -0.129. The van der Waals surface area contributed by atoms with Gasteiger partial charge in [-0.05, 0) is 51.6 Å². The summed E-state index contributed by atoms with van der Waals surface area (Å²) in [6.45, 7) is 6.49. The van der Waals surface area contributed by atoms with Crippen molar-refractivity contribution >= 4 is 29.3 Å². The average molecular weight is 311 g/mol. The van der Waals surface area contributed by atoms with Crippen LogP contribution in [-0.2, 0) is 14.9 Å². The second-order valence-electron chi connectivity index (χ2n) is 6.22. The van der Waals surface area contributed by atoms with Crippen molar-refractivity contribution in [2.45, 2.75) is 26.2 Å². The van der Waals surface area contributed by atoms with Crippen molar-refractivity contribution in [2.75, 3.05) is 0 Å². The number of carbonyl (C=O) groups is 1. The van der Waals surface area contributed by atoms with Gasteiger partial charge in [0.05, 0.1) is 0 Å². The number of benzene rings is 1. The quantitative estimate of drug-likeness (QED) is 0.609. The molecule has 0 spiro atoms. The monoisotopic (exact) mass is 311 g/mol. The Labute approximate surface area is 134 Å². The highest BCUT2D eigenvalue weighted by Crippen LogP contribution is 2.24. The molecule has 0 amide bonds. The summed E-state index contributed by atoms with van der Waals surface area (Å²) in [5.41, 5.74) is 3.44. The summed E-state index contributed by atoms with van der Waals surface area (Å²) in [4.78, 5) is 16.2. The second-order valence-corrected chi connectivity index (χ2v) is 7.00. The van der Waals surface area contributed by atoms with Crippen LogP contribution in [0.2, 0.25) is 0 Å². The zero-order valence-corrected chi connectivity index (χ0v) is 13.6. The van der Waals surface area contributed by atoms with E-state index >= 15 is 0 Å². The normalized spacial score (nSPS) is 16.8. The van der Waals surface area contributed by atoms with Gasteiger partial charge in [-0.15, -0.1) is 0 Å². The maximum atomic E-state index is 11.9. The second kappa shape index (κ2) is 5.54. The fourth-order valence-corrected chi connectivity index (χ4v) is 2.78. The Balaban J connectivity index is 1.88. The molecular formula is C18H17NO2S. The highest BCUT2D eigenvalue weighted by molar-refractivity contribution is 7.08. The molecule has 2 heterocycles. The third-order valence-corrected chi connectivity index (χ3v) is 4.17. The van der Waals surface area contributed by atoms with E-state index in [4.69, 9.17) is 4.74 Å². The van der Waals surface area contributed by atoms with Gasteiger partial charge in [-0.3, -0.25) is 0 Å². The molecule has 0 N–H and O–H groups in total. The number of hydrogen-bond donors (Lipinski definition) is 0. The Morgan fingerprint density at radius 2 is 1.86 bits per heavy atom. The number of esters is 1. The lowest BCUT2D eigenvalue weighted by Crippen LogP contribution is -2.11. The van der Waals surface area contributed by atoms with Crippen LogP contribution < -0.4 is 0 Å². The van der Waals surface area contributed by atoms with Gasteiger partial charge >= 0.3 is 5.97 Å². The highest BCUT2D eigenvalue weighted by Gasteiger charge is 2.24. The zero-order valence-electron chi connectivity index (χ0n) is 12.8.